The van der Waals surface area contributed by atoms with Crippen LogP contribution in [0.15, 0.2) is 70.2 Å². The number of aromatic nitrogens is 6. The number of tetrazole rings is 1. The first kappa shape index (κ1) is 14.6. The van der Waals surface area contributed by atoms with E-state index in [0.717, 1.165) is 11.3 Å². The van der Waals surface area contributed by atoms with Gasteiger partial charge in [0.05, 0.1) is 11.4 Å². The Kier molecular flexibility index (Phi) is 4.03. The van der Waals surface area contributed by atoms with Gasteiger partial charge in [-0.2, -0.15) is 4.68 Å². The molecule has 0 unspecified atom stereocenters. The molecule has 4 rings (SSSR count). The van der Waals surface area contributed by atoms with Crippen molar-refractivity contribution in [3.8, 4) is 17.1 Å². The predicted molar refractivity (Wildman–Crippen MR) is 88.4 cm³/mol. The van der Waals surface area contributed by atoms with Crippen molar-refractivity contribution in [3.05, 3.63) is 66.6 Å². The first-order valence-corrected chi connectivity index (χ1v) is 8.23. The highest BCUT2D eigenvalue weighted by Gasteiger charge is 2.12. The van der Waals surface area contributed by atoms with E-state index in [1.165, 1.54) is 11.8 Å². The third-order valence-corrected chi connectivity index (χ3v) is 4.16. The van der Waals surface area contributed by atoms with Crippen molar-refractivity contribution in [2.75, 3.05) is 0 Å². The average Bonchev–Trinajstić information content (AvgIpc) is 3.31. The van der Waals surface area contributed by atoms with Crippen LogP contribution < -0.4 is 0 Å². The summed E-state index contributed by atoms with van der Waals surface area (Å²) in [4.78, 5) is 0. The highest BCUT2D eigenvalue weighted by Crippen LogP contribution is 2.24. The minimum atomic E-state index is 0.493. The van der Waals surface area contributed by atoms with E-state index in [1.54, 1.807) is 4.68 Å². The Hall–Kier alpha value is -3.00. The van der Waals surface area contributed by atoms with Crippen molar-refractivity contribution in [1.82, 2.24) is 30.4 Å². The topological polar surface area (TPSA) is 82.5 Å². The van der Waals surface area contributed by atoms with Gasteiger partial charge in [-0.3, -0.25) is 0 Å². The number of hydrogen-bond acceptors (Lipinski definition) is 7. The number of thioether (sulfide) groups is 1. The third kappa shape index (κ3) is 3.04. The fourth-order valence-corrected chi connectivity index (χ4v) is 2.86. The van der Waals surface area contributed by atoms with Crippen LogP contribution in [0.5, 0.6) is 0 Å². The summed E-state index contributed by atoms with van der Waals surface area (Å²) >= 11 is 1.44. The quantitative estimate of drug-likeness (QED) is 0.518. The molecule has 24 heavy (non-hydrogen) atoms. The maximum Gasteiger partial charge on any atom is 0.247 e. The lowest BCUT2D eigenvalue weighted by Crippen LogP contribution is -1.98. The molecule has 2 heterocycles. The molecule has 2 aromatic carbocycles. The summed E-state index contributed by atoms with van der Waals surface area (Å²) in [6.07, 6.45) is 0. The second-order valence-electron chi connectivity index (χ2n) is 4.86. The second-order valence-corrected chi connectivity index (χ2v) is 5.81. The van der Waals surface area contributed by atoms with Crippen molar-refractivity contribution in [2.45, 2.75) is 10.9 Å². The Morgan fingerprint density at radius 1 is 0.875 bits per heavy atom. The van der Waals surface area contributed by atoms with Gasteiger partial charge in [0.25, 0.3) is 0 Å². The van der Waals surface area contributed by atoms with Crippen LogP contribution in [-0.4, -0.2) is 30.4 Å². The highest BCUT2D eigenvalue weighted by atomic mass is 32.2. The first-order chi connectivity index (χ1) is 11.9. The highest BCUT2D eigenvalue weighted by molar-refractivity contribution is 7.98. The van der Waals surface area contributed by atoms with Crippen LogP contribution in [0.4, 0.5) is 0 Å². The average molecular weight is 336 g/mol. The predicted octanol–water partition coefficient (Wildman–Crippen LogP) is 3.00. The molecule has 0 spiro atoms. The Morgan fingerprint density at radius 3 is 2.42 bits per heavy atom. The van der Waals surface area contributed by atoms with Crippen LogP contribution >= 0.6 is 11.8 Å². The fourth-order valence-electron chi connectivity index (χ4n) is 2.14. The van der Waals surface area contributed by atoms with Crippen molar-refractivity contribution < 1.29 is 4.42 Å². The van der Waals surface area contributed by atoms with Gasteiger partial charge in [0.2, 0.25) is 16.9 Å². The van der Waals surface area contributed by atoms with Gasteiger partial charge in [-0.1, -0.05) is 48.2 Å². The Labute approximate surface area is 141 Å². The van der Waals surface area contributed by atoms with Crippen LogP contribution in [0.3, 0.4) is 0 Å². The van der Waals surface area contributed by atoms with Crippen molar-refractivity contribution in [2.24, 2.45) is 0 Å². The SMILES string of the molecule is c1ccc(-c2nnc(CSc3nnnn3-c3ccccc3)o2)cc1. The smallest absolute Gasteiger partial charge is 0.247 e. The van der Waals surface area contributed by atoms with Crippen LogP contribution in [0.25, 0.3) is 17.1 Å². The summed E-state index contributed by atoms with van der Waals surface area (Å²) in [5.74, 6) is 1.53. The summed E-state index contributed by atoms with van der Waals surface area (Å²) in [6.45, 7) is 0. The minimum absolute atomic E-state index is 0.493. The van der Waals surface area contributed by atoms with Crippen molar-refractivity contribution in [3.63, 3.8) is 0 Å². The molecule has 0 atom stereocenters. The monoisotopic (exact) mass is 336 g/mol. The molecule has 8 heteroatoms. The molecule has 2 aromatic heterocycles. The fraction of sp³-hybridized carbons (Fsp3) is 0.0625. The zero-order valence-electron chi connectivity index (χ0n) is 12.5. The summed E-state index contributed by atoms with van der Waals surface area (Å²) < 4.78 is 7.37. The molecule has 0 bridgehead atoms. The Bertz CT molecular complexity index is 922. The number of benzene rings is 2. The molecule has 0 saturated heterocycles. The van der Waals surface area contributed by atoms with E-state index >= 15 is 0 Å². The zero-order chi connectivity index (χ0) is 16.2. The zero-order valence-corrected chi connectivity index (χ0v) is 13.3. The summed E-state index contributed by atoms with van der Waals surface area (Å²) in [6, 6.07) is 19.4. The van der Waals surface area contributed by atoms with E-state index in [1.807, 2.05) is 60.7 Å². The largest absolute Gasteiger partial charge is 0.420 e. The lowest BCUT2D eigenvalue weighted by atomic mass is 10.2. The molecular weight excluding hydrogens is 324 g/mol. The number of rotatable bonds is 5. The second kappa shape index (κ2) is 6.63. The lowest BCUT2D eigenvalue weighted by Gasteiger charge is -2.02. The molecule has 0 aliphatic carbocycles. The van der Waals surface area contributed by atoms with Gasteiger partial charge in [0, 0.05) is 5.56 Å². The number of nitrogens with zero attached hydrogens (tertiary/aromatic N) is 6. The molecule has 0 fully saturated rings. The third-order valence-electron chi connectivity index (χ3n) is 3.25. The standard InChI is InChI=1S/C16H12N6OS/c1-3-7-12(8-4-1)15-18-17-14(23-15)11-24-16-19-20-21-22(16)13-9-5-2-6-10-13/h1-10H,11H2. The van der Waals surface area contributed by atoms with E-state index in [9.17, 15) is 0 Å². The molecule has 0 saturated carbocycles. The van der Waals surface area contributed by atoms with E-state index in [4.69, 9.17) is 4.42 Å². The summed E-state index contributed by atoms with van der Waals surface area (Å²) in [5.41, 5.74) is 1.80. The van der Waals surface area contributed by atoms with Gasteiger partial charge in [0.15, 0.2) is 0 Å². The minimum Gasteiger partial charge on any atom is -0.420 e. The van der Waals surface area contributed by atoms with E-state index in [0.29, 0.717) is 22.7 Å². The Balaban J connectivity index is 1.49. The normalized spacial score (nSPS) is 10.8. The van der Waals surface area contributed by atoms with Crippen LogP contribution in [-0.2, 0) is 5.75 Å². The number of para-hydroxylation sites is 1. The van der Waals surface area contributed by atoms with E-state index < -0.39 is 0 Å². The maximum atomic E-state index is 5.69. The van der Waals surface area contributed by atoms with Crippen molar-refractivity contribution in [1.29, 1.82) is 0 Å². The summed E-state index contributed by atoms with van der Waals surface area (Å²) in [7, 11) is 0. The van der Waals surface area contributed by atoms with E-state index in [2.05, 4.69) is 25.7 Å². The number of hydrogen-bond donors (Lipinski definition) is 0. The van der Waals surface area contributed by atoms with Crippen molar-refractivity contribution >= 4 is 11.8 Å². The maximum absolute atomic E-state index is 5.69. The molecule has 0 aliphatic heterocycles. The van der Waals surface area contributed by atoms with Gasteiger partial charge in [-0.25, -0.2) is 0 Å². The van der Waals surface area contributed by atoms with Gasteiger partial charge in [-0.15, -0.1) is 15.3 Å². The van der Waals surface area contributed by atoms with Gasteiger partial charge < -0.3 is 4.42 Å². The van der Waals surface area contributed by atoms with Crippen LogP contribution in [0, 0.1) is 0 Å². The molecule has 118 valence electrons. The van der Waals surface area contributed by atoms with Gasteiger partial charge in [0.1, 0.15) is 0 Å². The first-order valence-electron chi connectivity index (χ1n) is 7.24. The molecular formula is C16H12N6OS. The van der Waals surface area contributed by atoms with Gasteiger partial charge >= 0.3 is 0 Å². The van der Waals surface area contributed by atoms with Crippen LogP contribution in [0.2, 0.25) is 0 Å². The molecule has 0 amide bonds. The Morgan fingerprint density at radius 2 is 1.62 bits per heavy atom. The van der Waals surface area contributed by atoms with Crippen LogP contribution in [0.1, 0.15) is 5.89 Å². The molecule has 0 N–H and O–H groups in total. The molecule has 4 aromatic rings. The summed E-state index contributed by atoms with van der Waals surface area (Å²) in [5, 5.41) is 20.6. The molecule has 0 aliphatic rings. The molecule has 7 nitrogen and oxygen atoms in total. The molecule has 0 radical (unpaired) electrons. The lowest BCUT2D eigenvalue weighted by molar-refractivity contribution is 0.528. The van der Waals surface area contributed by atoms with E-state index in [-0.39, 0.29) is 0 Å². The van der Waals surface area contributed by atoms with Gasteiger partial charge in [-0.05, 0) is 34.7 Å².